The van der Waals surface area contributed by atoms with Gasteiger partial charge in [0.2, 0.25) is 0 Å². The Bertz CT molecular complexity index is 1510. The molecule has 0 aliphatic rings. The topological polar surface area (TPSA) is 63.9 Å². The van der Waals surface area contributed by atoms with Crippen molar-refractivity contribution in [1.29, 1.82) is 0 Å². The number of nitrogens with zero attached hydrogens (tertiary/aromatic N) is 3. The molecular weight excluding hydrogens is 450 g/mol. The Morgan fingerprint density at radius 2 is 1.53 bits per heavy atom. The monoisotopic (exact) mass is 483 g/mol. The van der Waals surface area contributed by atoms with Gasteiger partial charge in [0.1, 0.15) is 5.54 Å². The molecule has 0 aliphatic heterocycles. The Morgan fingerprint density at radius 3 is 2.11 bits per heavy atom. The first kappa shape index (κ1) is 25.3. The minimum absolute atomic E-state index is 0.0108. The molecule has 0 unspecified atom stereocenters. The largest absolute Gasteiger partial charge is 0.354 e. The molecular formula is C30H33N3O3. The molecule has 0 amide bonds. The Balaban J connectivity index is 1.77. The van der Waals surface area contributed by atoms with Crippen LogP contribution in [0.25, 0.3) is 21.8 Å². The maximum atomic E-state index is 13.3. The normalized spacial score (nSPS) is 12.5. The van der Waals surface area contributed by atoms with Crippen molar-refractivity contribution in [3.63, 3.8) is 0 Å². The van der Waals surface area contributed by atoms with Crippen LogP contribution in [0.4, 0.5) is 0 Å². The van der Waals surface area contributed by atoms with E-state index in [-0.39, 0.29) is 5.78 Å². The van der Waals surface area contributed by atoms with Gasteiger partial charge in [-0.3, -0.25) is 9.69 Å². The SMILES string of the molecule is CCn1c2ccc(C(=O)c3ccccc3C)cc2c2cc(/C(C)=N/OC(=O)C(C)(C)N(C)C)ccc21. The summed E-state index contributed by atoms with van der Waals surface area (Å²) in [5.41, 5.74) is 5.13. The number of carbonyl (C=O) groups is 2. The predicted molar refractivity (Wildman–Crippen MR) is 146 cm³/mol. The van der Waals surface area contributed by atoms with Gasteiger partial charge < -0.3 is 9.40 Å². The summed E-state index contributed by atoms with van der Waals surface area (Å²) in [5.74, 6) is -0.411. The van der Waals surface area contributed by atoms with E-state index in [1.165, 1.54) is 0 Å². The standard InChI is InChI=1S/C30H33N3O3/c1-8-33-26-15-13-21(20(3)31-36-29(35)30(4,5)32(6)7)17-24(26)25-18-22(14-16-27(25)33)28(34)23-12-10-9-11-19(23)2/h9-18H,8H2,1-7H3/b31-20+. The highest BCUT2D eigenvalue weighted by Crippen LogP contribution is 2.31. The number of ketones is 1. The number of aryl methyl sites for hydroxylation is 2. The van der Waals surface area contributed by atoms with Gasteiger partial charge in [-0.15, -0.1) is 0 Å². The maximum absolute atomic E-state index is 13.3. The number of likely N-dealkylation sites (N-methyl/N-ethyl adjacent to an activating group) is 1. The lowest BCUT2D eigenvalue weighted by molar-refractivity contribution is -0.154. The fourth-order valence-corrected chi connectivity index (χ4v) is 4.25. The Labute approximate surface area is 212 Å². The highest BCUT2D eigenvalue weighted by molar-refractivity contribution is 6.16. The zero-order valence-electron chi connectivity index (χ0n) is 22.0. The lowest BCUT2D eigenvalue weighted by Crippen LogP contribution is -2.46. The number of fused-ring (bicyclic) bond motifs is 3. The van der Waals surface area contributed by atoms with E-state index in [0.29, 0.717) is 16.8 Å². The summed E-state index contributed by atoms with van der Waals surface area (Å²) in [4.78, 5) is 32.9. The minimum Gasteiger partial charge on any atom is -0.341 e. The zero-order chi connectivity index (χ0) is 26.2. The van der Waals surface area contributed by atoms with Gasteiger partial charge in [0.25, 0.3) is 0 Å². The summed E-state index contributed by atoms with van der Waals surface area (Å²) >= 11 is 0. The van der Waals surface area contributed by atoms with E-state index in [1.54, 1.807) is 18.7 Å². The summed E-state index contributed by atoms with van der Waals surface area (Å²) in [5, 5.41) is 6.16. The van der Waals surface area contributed by atoms with Gasteiger partial charge in [-0.1, -0.05) is 35.5 Å². The summed E-state index contributed by atoms with van der Waals surface area (Å²) in [6.45, 7) is 10.3. The molecule has 4 aromatic rings. The van der Waals surface area contributed by atoms with Crippen molar-refractivity contribution in [2.24, 2.45) is 5.16 Å². The van der Waals surface area contributed by atoms with E-state index in [2.05, 4.69) is 28.8 Å². The lowest BCUT2D eigenvalue weighted by atomic mass is 9.97. The molecule has 0 saturated carbocycles. The van der Waals surface area contributed by atoms with E-state index in [4.69, 9.17) is 4.84 Å². The average Bonchev–Trinajstić information content (AvgIpc) is 3.18. The molecule has 186 valence electrons. The van der Waals surface area contributed by atoms with Crippen LogP contribution in [0.1, 0.15) is 54.7 Å². The Hall–Kier alpha value is -3.77. The number of oxime groups is 1. The average molecular weight is 484 g/mol. The van der Waals surface area contributed by atoms with Gasteiger partial charge in [-0.25, -0.2) is 4.79 Å². The van der Waals surface area contributed by atoms with E-state index < -0.39 is 11.5 Å². The van der Waals surface area contributed by atoms with Crippen LogP contribution < -0.4 is 0 Å². The zero-order valence-corrected chi connectivity index (χ0v) is 22.0. The Morgan fingerprint density at radius 1 is 0.944 bits per heavy atom. The van der Waals surface area contributed by atoms with Crippen molar-refractivity contribution in [3.8, 4) is 0 Å². The van der Waals surface area contributed by atoms with Gasteiger partial charge in [0.15, 0.2) is 5.78 Å². The number of hydrogen-bond donors (Lipinski definition) is 0. The van der Waals surface area contributed by atoms with Gasteiger partial charge in [0, 0.05) is 39.5 Å². The number of rotatable bonds is 7. The molecule has 0 radical (unpaired) electrons. The first-order valence-corrected chi connectivity index (χ1v) is 12.2. The van der Waals surface area contributed by atoms with Crippen LogP contribution in [0.2, 0.25) is 0 Å². The second-order valence-electron chi connectivity index (χ2n) is 9.86. The van der Waals surface area contributed by atoms with E-state index in [1.807, 2.05) is 76.5 Å². The molecule has 0 saturated heterocycles. The van der Waals surface area contributed by atoms with Crippen LogP contribution >= 0.6 is 0 Å². The van der Waals surface area contributed by atoms with Crippen molar-refractivity contribution in [2.75, 3.05) is 14.1 Å². The number of carbonyl (C=O) groups excluding carboxylic acids is 2. The van der Waals surface area contributed by atoms with Gasteiger partial charge >= 0.3 is 5.97 Å². The second kappa shape index (κ2) is 9.70. The van der Waals surface area contributed by atoms with E-state index in [9.17, 15) is 9.59 Å². The van der Waals surface area contributed by atoms with Crippen LogP contribution in [0.5, 0.6) is 0 Å². The molecule has 1 aromatic heterocycles. The Kier molecular flexibility index (Phi) is 6.83. The van der Waals surface area contributed by atoms with Gasteiger partial charge in [-0.2, -0.15) is 0 Å². The summed E-state index contributed by atoms with van der Waals surface area (Å²) in [6, 6.07) is 19.7. The number of benzene rings is 3. The molecule has 0 N–H and O–H groups in total. The molecule has 0 fully saturated rings. The third-order valence-electron chi connectivity index (χ3n) is 7.13. The molecule has 6 heteroatoms. The molecule has 36 heavy (non-hydrogen) atoms. The van der Waals surface area contributed by atoms with Crippen molar-refractivity contribution >= 4 is 39.3 Å². The molecule has 0 atom stereocenters. The van der Waals surface area contributed by atoms with Crippen molar-refractivity contribution in [3.05, 3.63) is 82.9 Å². The quantitative estimate of drug-likeness (QED) is 0.141. The molecule has 0 spiro atoms. The van der Waals surface area contributed by atoms with E-state index in [0.717, 1.165) is 39.5 Å². The summed E-state index contributed by atoms with van der Waals surface area (Å²) < 4.78 is 2.24. The highest BCUT2D eigenvalue weighted by atomic mass is 16.7. The van der Waals surface area contributed by atoms with Crippen LogP contribution in [-0.4, -0.2) is 46.6 Å². The fraction of sp³-hybridized carbons (Fsp3) is 0.300. The minimum atomic E-state index is -0.789. The van der Waals surface area contributed by atoms with Crippen LogP contribution in [0.3, 0.4) is 0 Å². The third-order valence-corrected chi connectivity index (χ3v) is 7.13. The first-order valence-electron chi connectivity index (χ1n) is 12.2. The van der Waals surface area contributed by atoms with Crippen LogP contribution in [0.15, 0.2) is 65.8 Å². The number of aromatic nitrogens is 1. The molecule has 6 nitrogen and oxygen atoms in total. The number of hydrogen-bond acceptors (Lipinski definition) is 5. The van der Waals surface area contributed by atoms with E-state index >= 15 is 0 Å². The van der Waals surface area contributed by atoms with Crippen LogP contribution in [-0.2, 0) is 16.2 Å². The smallest absolute Gasteiger partial charge is 0.341 e. The fourth-order valence-electron chi connectivity index (χ4n) is 4.25. The summed E-state index contributed by atoms with van der Waals surface area (Å²) in [6.07, 6.45) is 0. The second-order valence-corrected chi connectivity index (χ2v) is 9.86. The first-order chi connectivity index (χ1) is 17.1. The van der Waals surface area contributed by atoms with Crippen LogP contribution in [0, 0.1) is 6.92 Å². The van der Waals surface area contributed by atoms with Gasteiger partial charge in [-0.05, 0) is 90.2 Å². The van der Waals surface area contributed by atoms with Crippen molar-refractivity contribution in [1.82, 2.24) is 9.47 Å². The molecule has 4 rings (SSSR count). The maximum Gasteiger partial charge on any atom is 0.354 e. The third kappa shape index (κ3) is 4.44. The summed E-state index contributed by atoms with van der Waals surface area (Å²) in [7, 11) is 3.65. The molecule has 3 aromatic carbocycles. The van der Waals surface area contributed by atoms with Crippen molar-refractivity contribution < 1.29 is 14.4 Å². The molecule has 0 bridgehead atoms. The van der Waals surface area contributed by atoms with Gasteiger partial charge in [0.05, 0.1) is 5.71 Å². The lowest BCUT2D eigenvalue weighted by Gasteiger charge is -2.28. The molecule has 0 aliphatic carbocycles. The predicted octanol–water partition coefficient (Wildman–Crippen LogP) is 5.96. The molecule has 1 heterocycles. The van der Waals surface area contributed by atoms with Crippen molar-refractivity contribution in [2.45, 2.75) is 46.7 Å². The highest BCUT2D eigenvalue weighted by Gasteiger charge is 2.32.